The first-order chi connectivity index (χ1) is 9.10. The first kappa shape index (κ1) is 14.7. The molecule has 1 aliphatic heterocycles. The third-order valence-corrected chi connectivity index (χ3v) is 5.47. The number of carboxylic acids is 1. The molecule has 0 bridgehead atoms. The van der Waals surface area contributed by atoms with Crippen molar-refractivity contribution in [2.75, 3.05) is 11.5 Å². The third kappa shape index (κ3) is 4.41. The average molecular weight is 285 g/mol. The van der Waals surface area contributed by atoms with Crippen LogP contribution in [0.1, 0.15) is 51.4 Å². The number of carboxylic acid groups (broad SMARTS) is 1. The van der Waals surface area contributed by atoms with Crippen molar-refractivity contribution in [2.45, 2.75) is 57.4 Å². The molecule has 0 aromatic carbocycles. The highest BCUT2D eigenvalue weighted by Gasteiger charge is 2.38. The normalized spacial score (nSPS) is 26.0. The lowest BCUT2D eigenvalue weighted by atomic mass is 9.79. The molecule has 1 atom stereocenters. The minimum Gasteiger partial charge on any atom is -0.481 e. The molecule has 2 fully saturated rings. The van der Waals surface area contributed by atoms with Crippen molar-refractivity contribution >= 4 is 23.6 Å². The zero-order valence-electron chi connectivity index (χ0n) is 11.3. The van der Waals surface area contributed by atoms with Crippen LogP contribution in [0.25, 0.3) is 0 Å². The van der Waals surface area contributed by atoms with Crippen LogP contribution in [0.15, 0.2) is 0 Å². The van der Waals surface area contributed by atoms with Gasteiger partial charge >= 0.3 is 5.97 Å². The average Bonchev–Trinajstić information content (AvgIpc) is 2.77. The van der Waals surface area contributed by atoms with Crippen LogP contribution in [-0.2, 0) is 9.59 Å². The summed E-state index contributed by atoms with van der Waals surface area (Å²) in [5.41, 5.74) is -0.280. The second-order valence-electron chi connectivity index (χ2n) is 5.94. The summed E-state index contributed by atoms with van der Waals surface area (Å²) in [6.45, 7) is 0. The Labute approximate surface area is 118 Å². The number of rotatable bonds is 5. The molecule has 1 unspecified atom stereocenters. The second kappa shape index (κ2) is 6.64. The number of aliphatic carboxylic acids is 1. The van der Waals surface area contributed by atoms with Crippen molar-refractivity contribution in [1.82, 2.24) is 5.32 Å². The van der Waals surface area contributed by atoms with E-state index in [2.05, 4.69) is 5.32 Å². The summed E-state index contributed by atoms with van der Waals surface area (Å²) >= 11 is 1.89. The van der Waals surface area contributed by atoms with Gasteiger partial charge in [0.1, 0.15) is 0 Å². The van der Waals surface area contributed by atoms with Crippen LogP contribution in [-0.4, -0.2) is 34.5 Å². The standard InChI is InChI=1S/C14H23NO3S/c16-12(15-11-4-3-7-19-10-11)8-14(9-13(17)18)5-1-2-6-14/h11H,1-10H2,(H,15,16)(H,17,18). The minimum absolute atomic E-state index is 0.0515. The van der Waals surface area contributed by atoms with Gasteiger partial charge < -0.3 is 10.4 Å². The molecule has 5 heteroatoms. The number of carbonyl (C=O) groups excluding carboxylic acids is 1. The molecule has 1 heterocycles. The van der Waals surface area contributed by atoms with Crippen LogP contribution in [0.5, 0.6) is 0 Å². The highest BCUT2D eigenvalue weighted by atomic mass is 32.2. The van der Waals surface area contributed by atoms with Gasteiger partial charge in [0.15, 0.2) is 0 Å². The summed E-state index contributed by atoms with van der Waals surface area (Å²) in [5, 5.41) is 12.1. The van der Waals surface area contributed by atoms with Crippen LogP contribution in [0.2, 0.25) is 0 Å². The van der Waals surface area contributed by atoms with Gasteiger partial charge in [0.2, 0.25) is 5.91 Å². The van der Waals surface area contributed by atoms with E-state index in [1.165, 1.54) is 5.75 Å². The van der Waals surface area contributed by atoms with Gasteiger partial charge in [0.25, 0.3) is 0 Å². The number of carbonyl (C=O) groups is 2. The Balaban J connectivity index is 1.86. The summed E-state index contributed by atoms with van der Waals surface area (Å²) in [7, 11) is 0. The number of hydrogen-bond donors (Lipinski definition) is 2. The molecule has 1 aliphatic carbocycles. The van der Waals surface area contributed by atoms with E-state index in [0.29, 0.717) is 6.42 Å². The lowest BCUT2D eigenvalue weighted by Crippen LogP contribution is -2.41. The van der Waals surface area contributed by atoms with Gasteiger partial charge in [-0.25, -0.2) is 0 Å². The fraction of sp³-hybridized carbons (Fsp3) is 0.857. The molecule has 2 aliphatic rings. The maximum atomic E-state index is 12.1. The van der Waals surface area contributed by atoms with Gasteiger partial charge in [0.05, 0.1) is 6.42 Å². The van der Waals surface area contributed by atoms with E-state index >= 15 is 0 Å². The van der Waals surface area contributed by atoms with Crippen LogP contribution in [0.3, 0.4) is 0 Å². The van der Waals surface area contributed by atoms with E-state index in [1.54, 1.807) is 0 Å². The summed E-state index contributed by atoms with van der Waals surface area (Å²) in [4.78, 5) is 23.1. The molecule has 1 amide bonds. The van der Waals surface area contributed by atoms with Crippen LogP contribution < -0.4 is 5.32 Å². The van der Waals surface area contributed by atoms with Crippen LogP contribution in [0, 0.1) is 5.41 Å². The second-order valence-corrected chi connectivity index (χ2v) is 7.09. The Kier molecular flexibility index (Phi) is 5.13. The molecular formula is C14H23NO3S. The molecule has 2 N–H and O–H groups in total. The van der Waals surface area contributed by atoms with Gasteiger partial charge in [-0.15, -0.1) is 0 Å². The maximum Gasteiger partial charge on any atom is 0.303 e. The smallest absolute Gasteiger partial charge is 0.303 e. The Bertz CT molecular complexity index is 334. The van der Waals surface area contributed by atoms with Crippen LogP contribution in [0.4, 0.5) is 0 Å². The topological polar surface area (TPSA) is 66.4 Å². The molecule has 19 heavy (non-hydrogen) atoms. The first-order valence-electron chi connectivity index (χ1n) is 7.19. The zero-order chi connectivity index (χ0) is 13.7. The highest BCUT2D eigenvalue weighted by Crippen LogP contribution is 2.44. The van der Waals surface area contributed by atoms with E-state index < -0.39 is 5.97 Å². The molecular weight excluding hydrogens is 262 g/mol. The SMILES string of the molecule is O=C(O)CC1(CC(=O)NC2CCCSC2)CCCC1. The molecule has 1 saturated heterocycles. The van der Waals surface area contributed by atoms with Crippen molar-refractivity contribution in [3.63, 3.8) is 0 Å². The summed E-state index contributed by atoms with van der Waals surface area (Å²) in [6.07, 6.45) is 6.62. The summed E-state index contributed by atoms with van der Waals surface area (Å²) in [6, 6.07) is 0.287. The largest absolute Gasteiger partial charge is 0.481 e. The van der Waals surface area contributed by atoms with E-state index in [1.807, 2.05) is 11.8 Å². The molecule has 2 rings (SSSR count). The van der Waals surface area contributed by atoms with Gasteiger partial charge in [-0.3, -0.25) is 9.59 Å². The lowest BCUT2D eigenvalue weighted by molar-refractivity contribution is -0.140. The van der Waals surface area contributed by atoms with Crippen molar-refractivity contribution in [3.8, 4) is 0 Å². The van der Waals surface area contributed by atoms with Gasteiger partial charge in [-0.1, -0.05) is 12.8 Å². The van der Waals surface area contributed by atoms with Crippen molar-refractivity contribution in [1.29, 1.82) is 0 Å². The number of amides is 1. The van der Waals surface area contributed by atoms with Gasteiger partial charge in [-0.05, 0) is 36.9 Å². The zero-order valence-corrected chi connectivity index (χ0v) is 12.1. The van der Waals surface area contributed by atoms with E-state index in [-0.39, 0.29) is 23.8 Å². The number of nitrogens with one attached hydrogen (secondary N) is 1. The molecule has 1 saturated carbocycles. The van der Waals surface area contributed by atoms with Crippen LogP contribution >= 0.6 is 11.8 Å². The van der Waals surface area contributed by atoms with E-state index in [9.17, 15) is 9.59 Å². The Hall–Kier alpha value is -0.710. The summed E-state index contributed by atoms with van der Waals surface area (Å²) in [5.74, 6) is 1.46. The number of hydrogen-bond acceptors (Lipinski definition) is 3. The van der Waals surface area contributed by atoms with E-state index in [4.69, 9.17) is 5.11 Å². The van der Waals surface area contributed by atoms with Gasteiger partial charge in [-0.2, -0.15) is 11.8 Å². The lowest BCUT2D eigenvalue weighted by Gasteiger charge is -2.28. The molecule has 108 valence electrons. The summed E-state index contributed by atoms with van der Waals surface area (Å²) < 4.78 is 0. The maximum absolute atomic E-state index is 12.1. The highest BCUT2D eigenvalue weighted by molar-refractivity contribution is 7.99. The minimum atomic E-state index is -0.775. The first-order valence-corrected chi connectivity index (χ1v) is 8.34. The third-order valence-electron chi connectivity index (χ3n) is 4.25. The monoisotopic (exact) mass is 285 g/mol. The molecule has 4 nitrogen and oxygen atoms in total. The fourth-order valence-corrected chi connectivity index (χ4v) is 4.41. The Morgan fingerprint density at radius 2 is 1.95 bits per heavy atom. The number of thioether (sulfide) groups is 1. The Morgan fingerprint density at radius 3 is 2.53 bits per heavy atom. The molecule has 0 aromatic rings. The van der Waals surface area contributed by atoms with Crippen molar-refractivity contribution in [2.24, 2.45) is 5.41 Å². The van der Waals surface area contributed by atoms with Gasteiger partial charge in [0, 0.05) is 18.2 Å². The fourth-order valence-electron chi connectivity index (χ4n) is 3.34. The predicted molar refractivity (Wildman–Crippen MR) is 76.3 cm³/mol. The van der Waals surface area contributed by atoms with E-state index in [0.717, 1.165) is 44.3 Å². The Morgan fingerprint density at radius 1 is 1.21 bits per heavy atom. The predicted octanol–water partition coefficient (Wildman–Crippen LogP) is 2.42. The molecule has 0 aromatic heterocycles. The van der Waals surface area contributed by atoms with Crippen molar-refractivity contribution < 1.29 is 14.7 Å². The quantitative estimate of drug-likeness (QED) is 0.814. The molecule has 0 radical (unpaired) electrons. The van der Waals surface area contributed by atoms with Crippen molar-refractivity contribution in [3.05, 3.63) is 0 Å². The molecule has 0 spiro atoms.